The summed E-state index contributed by atoms with van der Waals surface area (Å²) in [5.74, 6) is 0.876. The lowest BCUT2D eigenvalue weighted by Gasteiger charge is -2.06. The lowest BCUT2D eigenvalue weighted by atomic mass is 10.2. The van der Waals surface area contributed by atoms with E-state index in [0.717, 1.165) is 39.5 Å². The molecule has 6 nitrogen and oxygen atoms in total. The first-order valence-electron chi connectivity index (χ1n) is 8.75. The van der Waals surface area contributed by atoms with Gasteiger partial charge in [-0.15, -0.1) is 0 Å². The van der Waals surface area contributed by atoms with Crippen LogP contribution in [-0.2, 0) is 17.6 Å². The van der Waals surface area contributed by atoms with Crippen LogP contribution in [-0.4, -0.2) is 31.8 Å². The summed E-state index contributed by atoms with van der Waals surface area (Å²) in [5, 5.41) is 2.98. The first kappa shape index (κ1) is 16.3. The van der Waals surface area contributed by atoms with Crippen LogP contribution >= 0.6 is 0 Å². The van der Waals surface area contributed by atoms with Crippen LogP contribution in [0.2, 0.25) is 0 Å². The molecular weight excluding hydrogens is 326 g/mol. The maximum absolute atomic E-state index is 12.4. The number of imidazole rings is 2. The molecule has 0 fully saturated rings. The second-order valence-corrected chi connectivity index (χ2v) is 6.51. The fourth-order valence-corrected chi connectivity index (χ4v) is 3.24. The second-order valence-electron chi connectivity index (χ2n) is 6.51. The molecule has 0 saturated heterocycles. The van der Waals surface area contributed by atoms with Gasteiger partial charge in [-0.3, -0.25) is 4.79 Å². The van der Waals surface area contributed by atoms with Crippen LogP contribution in [0.4, 0.5) is 0 Å². The standard InChI is InChI=1S/C20H21N5O/c1-13-6-5-11-25-17(14(2)22-20(13)25)12-19(26)21-10-9-18-23-15-7-3-4-8-16(15)24-18/h3-8,11H,9-10,12H2,1-2H3,(H,21,26)(H,23,24). The van der Waals surface area contributed by atoms with E-state index in [-0.39, 0.29) is 5.91 Å². The first-order chi connectivity index (χ1) is 12.6. The number of aromatic nitrogens is 4. The maximum atomic E-state index is 12.4. The zero-order valence-electron chi connectivity index (χ0n) is 14.9. The Kier molecular flexibility index (Phi) is 4.16. The van der Waals surface area contributed by atoms with Gasteiger partial charge in [0.25, 0.3) is 0 Å². The molecule has 4 aromatic rings. The van der Waals surface area contributed by atoms with Gasteiger partial charge in [0.2, 0.25) is 5.91 Å². The van der Waals surface area contributed by atoms with E-state index >= 15 is 0 Å². The SMILES string of the molecule is Cc1nc2c(C)cccn2c1CC(=O)NCCc1nc2ccccc2[nH]1. The quantitative estimate of drug-likeness (QED) is 0.583. The molecule has 26 heavy (non-hydrogen) atoms. The van der Waals surface area contributed by atoms with Gasteiger partial charge >= 0.3 is 0 Å². The van der Waals surface area contributed by atoms with Crippen LogP contribution in [0.15, 0.2) is 42.6 Å². The number of carbonyl (C=O) groups is 1. The number of nitrogens with one attached hydrogen (secondary N) is 2. The van der Waals surface area contributed by atoms with Crippen LogP contribution in [0.5, 0.6) is 0 Å². The highest BCUT2D eigenvalue weighted by atomic mass is 16.1. The van der Waals surface area contributed by atoms with E-state index in [1.807, 2.05) is 60.8 Å². The summed E-state index contributed by atoms with van der Waals surface area (Å²) < 4.78 is 2.00. The molecular formula is C20H21N5O. The number of hydrogen-bond donors (Lipinski definition) is 2. The third kappa shape index (κ3) is 3.06. The van der Waals surface area contributed by atoms with Crippen molar-refractivity contribution in [3.05, 3.63) is 65.4 Å². The Morgan fingerprint density at radius 2 is 2.00 bits per heavy atom. The number of pyridine rings is 1. The minimum atomic E-state index is -0.00693. The Hall–Kier alpha value is -3.15. The molecule has 0 aliphatic carbocycles. The number of fused-ring (bicyclic) bond motifs is 2. The zero-order valence-corrected chi connectivity index (χ0v) is 14.9. The number of aryl methyl sites for hydroxylation is 2. The van der Waals surface area contributed by atoms with E-state index in [1.54, 1.807) is 0 Å². The largest absolute Gasteiger partial charge is 0.355 e. The van der Waals surface area contributed by atoms with Gasteiger partial charge in [-0.2, -0.15) is 0 Å². The maximum Gasteiger partial charge on any atom is 0.226 e. The Labute approximate surface area is 151 Å². The second kappa shape index (κ2) is 6.63. The lowest BCUT2D eigenvalue weighted by Crippen LogP contribution is -2.28. The van der Waals surface area contributed by atoms with Crippen LogP contribution in [0.1, 0.15) is 22.8 Å². The monoisotopic (exact) mass is 347 g/mol. The molecule has 0 aliphatic rings. The molecule has 0 saturated carbocycles. The summed E-state index contributed by atoms with van der Waals surface area (Å²) >= 11 is 0. The van der Waals surface area contributed by atoms with E-state index in [0.29, 0.717) is 19.4 Å². The predicted molar refractivity (Wildman–Crippen MR) is 101 cm³/mol. The Bertz CT molecular complexity index is 1060. The molecule has 1 amide bonds. The van der Waals surface area contributed by atoms with E-state index in [2.05, 4.69) is 20.3 Å². The zero-order chi connectivity index (χ0) is 18.1. The molecule has 0 radical (unpaired) electrons. The van der Waals surface area contributed by atoms with Crippen molar-refractivity contribution in [3.63, 3.8) is 0 Å². The molecule has 0 spiro atoms. The average molecular weight is 347 g/mol. The fraction of sp³-hybridized carbons (Fsp3) is 0.250. The molecule has 0 unspecified atom stereocenters. The summed E-state index contributed by atoms with van der Waals surface area (Å²) in [6, 6.07) is 11.9. The van der Waals surface area contributed by atoms with Crippen molar-refractivity contribution in [2.75, 3.05) is 6.54 Å². The number of benzene rings is 1. The molecule has 0 bridgehead atoms. The predicted octanol–water partition coefficient (Wildman–Crippen LogP) is 2.73. The molecule has 0 aliphatic heterocycles. The first-order valence-corrected chi connectivity index (χ1v) is 8.75. The van der Waals surface area contributed by atoms with Crippen molar-refractivity contribution in [1.82, 2.24) is 24.7 Å². The molecule has 3 aromatic heterocycles. The van der Waals surface area contributed by atoms with E-state index in [1.165, 1.54) is 0 Å². The highest BCUT2D eigenvalue weighted by molar-refractivity contribution is 5.79. The third-order valence-electron chi connectivity index (χ3n) is 4.59. The van der Waals surface area contributed by atoms with Crippen molar-refractivity contribution in [3.8, 4) is 0 Å². The van der Waals surface area contributed by atoms with E-state index in [9.17, 15) is 4.79 Å². The van der Waals surface area contributed by atoms with Gasteiger partial charge in [-0.25, -0.2) is 9.97 Å². The topological polar surface area (TPSA) is 75.1 Å². The number of nitrogens with zero attached hydrogens (tertiary/aromatic N) is 3. The Morgan fingerprint density at radius 1 is 1.15 bits per heavy atom. The Morgan fingerprint density at radius 3 is 2.85 bits per heavy atom. The highest BCUT2D eigenvalue weighted by Gasteiger charge is 2.13. The smallest absolute Gasteiger partial charge is 0.226 e. The fourth-order valence-electron chi connectivity index (χ4n) is 3.24. The Balaban J connectivity index is 1.40. The minimum Gasteiger partial charge on any atom is -0.355 e. The summed E-state index contributed by atoms with van der Waals surface area (Å²) in [6.45, 7) is 4.52. The van der Waals surface area contributed by atoms with E-state index in [4.69, 9.17) is 0 Å². The average Bonchev–Trinajstić information content (AvgIpc) is 3.17. The molecule has 0 atom stereocenters. The summed E-state index contributed by atoms with van der Waals surface area (Å²) in [6.07, 6.45) is 2.95. The number of H-pyrrole nitrogens is 1. The van der Waals surface area contributed by atoms with Crippen molar-refractivity contribution < 1.29 is 4.79 Å². The number of hydrogen-bond acceptors (Lipinski definition) is 3. The number of carbonyl (C=O) groups excluding carboxylic acids is 1. The van der Waals surface area contributed by atoms with E-state index < -0.39 is 0 Å². The van der Waals surface area contributed by atoms with Gasteiger partial charge in [0.05, 0.1) is 28.8 Å². The van der Waals surface area contributed by atoms with Crippen LogP contribution in [0, 0.1) is 13.8 Å². The minimum absolute atomic E-state index is 0.00693. The number of aromatic amines is 1. The van der Waals surface area contributed by atoms with Crippen molar-refractivity contribution in [2.45, 2.75) is 26.7 Å². The molecule has 1 aromatic carbocycles. The molecule has 4 rings (SSSR count). The van der Waals surface area contributed by atoms with Crippen molar-refractivity contribution in [1.29, 1.82) is 0 Å². The van der Waals surface area contributed by atoms with Gasteiger partial charge in [0.1, 0.15) is 11.5 Å². The third-order valence-corrected chi connectivity index (χ3v) is 4.59. The molecule has 6 heteroatoms. The van der Waals surface area contributed by atoms with Crippen LogP contribution in [0.25, 0.3) is 16.7 Å². The molecule has 132 valence electrons. The van der Waals surface area contributed by atoms with Crippen molar-refractivity contribution >= 4 is 22.6 Å². The van der Waals surface area contributed by atoms with Gasteiger partial charge < -0.3 is 14.7 Å². The highest BCUT2D eigenvalue weighted by Crippen LogP contribution is 2.16. The molecule has 3 heterocycles. The van der Waals surface area contributed by atoms with Crippen LogP contribution in [0.3, 0.4) is 0 Å². The van der Waals surface area contributed by atoms with Gasteiger partial charge in [0.15, 0.2) is 0 Å². The van der Waals surface area contributed by atoms with Gasteiger partial charge in [-0.1, -0.05) is 18.2 Å². The summed E-state index contributed by atoms with van der Waals surface area (Å²) in [5.41, 5.74) is 5.81. The van der Waals surface area contributed by atoms with Crippen LogP contribution < -0.4 is 5.32 Å². The number of rotatable bonds is 5. The van der Waals surface area contributed by atoms with Gasteiger partial charge in [0, 0.05) is 19.2 Å². The number of amides is 1. The van der Waals surface area contributed by atoms with Crippen molar-refractivity contribution in [2.24, 2.45) is 0 Å². The lowest BCUT2D eigenvalue weighted by molar-refractivity contribution is -0.120. The summed E-state index contributed by atoms with van der Waals surface area (Å²) in [4.78, 5) is 24.8. The summed E-state index contributed by atoms with van der Waals surface area (Å²) in [7, 11) is 0. The molecule has 2 N–H and O–H groups in total. The van der Waals surface area contributed by atoms with Gasteiger partial charge in [-0.05, 0) is 37.6 Å². The normalized spacial score (nSPS) is 11.3. The number of para-hydroxylation sites is 2.